The first-order valence-electron chi connectivity index (χ1n) is 10.0. The Bertz CT molecular complexity index is 1080. The Kier molecular flexibility index (Phi) is 6.34. The van der Waals surface area contributed by atoms with Crippen LogP contribution in [0.3, 0.4) is 0 Å². The van der Waals surface area contributed by atoms with Crippen LogP contribution in [0.15, 0.2) is 48.0 Å². The van der Waals surface area contributed by atoms with Crippen LogP contribution in [0.4, 0.5) is 0 Å². The van der Waals surface area contributed by atoms with E-state index in [4.69, 9.17) is 4.98 Å². The summed E-state index contributed by atoms with van der Waals surface area (Å²) in [5.74, 6) is 1.99. The molecule has 0 atom stereocenters. The maximum Gasteiger partial charge on any atom is 0.175 e. The van der Waals surface area contributed by atoms with Crippen molar-refractivity contribution in [1.29, 1.82) is 0 Å². The standard InChI is InChI=1S/C22H24N6OS/c1-2-3-6-21-23-14-18(28(21)15-16-7-9-19(29)10-8-16)12-17(22-24-26-27-25-22)13-20-5-4-11-30-20/h4-5,7-12,14,29H,2-3,6,13,15H2,1H3,(H,24,25,26,27)/b17-12-. The summed E-state index contributed by atoms with van der Waals surface area (Å²) in [4.78, 5) is 5.95. The molecule has 0 aliphatic rings. The molecule has 0 fully saturated rings. The zero-order chi connectivity index (χ0) is 20.8. The third-order valence-corrected chi connectivity index (χ3v) is 5.79. The Morgan fingerprint density at radius 3 is 2.80 bits per heavy atom. The van der Waals surface area contributed by atoms with Gasteiger partial charge >= 0.3 is 0 Å². The number of aromatic nitrogens is 6. The summed E-state index contributed by atoms with van der Waals surface area (Å²) >= 11 is 1.71. The van der Waals surface area contributed by atoms with E-state index in [2.05, 4.69) is 49.6 Å². The minimum Gasteiger partial charge on any atom is -0.508 e. The van der Waals surface area contributed by atoms with Gasteiger partial charge in [-0.05, 0) is 52.1 Å². The lowest BCUT2D eigenvalue weighted by molar-refractivity contribution is 0.475. The highest BCUT2D eigenvalue weighted by Crippen LogP contribution is 2.24. The molecule has 7 nitrogen and oxygen atoms in total. The van der Waals surface area contributed by atoms with Gasteiger partial charge in [0.1, 0.15) is 11.6 Å². The first-order chi connectivity index (χ1) is 14.7. The van der Waals surface area contributed by atoms with Crippen LogP contribution in [0.1, 0.15) is 47.5 Å². The smallest absolute Gasteiger partial charge is 0.175 e. The van der Waals surface area contributed by atoms with Gasteiger partial charge in [-0.15, -0.1) is 16.4 Å². The van der Waals surface area contributed by atoms with E-state index in [1.165, 1.54) is 4.88 Å². The summed E-state index contributed by atoms with van der Waals surface area (Å²) < 4.78 is 2.24. The Morgan fingerprint density at radius 1 is 1.23 bits per heavy atom. The Labute approximate surface area is 179 Å². The van der Waals surface area contributed by atoms with Gasteiger partial charge in [-0.25, -0.2) is 10.1 Å². The minimum atomic E-state index is 0.270. The number of aromatic hydroxyl groups is 1. The van der Waals surface area contributed by atoms with Crippen molar-refractivity contribution in [3.05, 3.63) is 75.8 Å². The lowest BCUT2D eigenvalue weighted by atomic mass is 10.1. The van der Waals surface area contributed by atoms with Gasteiger partial charge in [-0.3, -0.25) is 0 Å². The van der Waals surface area contributed by atoms with Gasteiger partial charge in [-0.2, -0.15) is 0 Å². The highest BCUT2D eigenvalue weighted by molar-refractivity contribution is 7.10. The number of aromatic amines is 1. The minimum absolute atomic E-state index is 0.270. The second-order valence-electron chi connectivity index (χ2n) is 7.13. The number of imidazole rings is 1. The Hall–Kier alpha value is -3.26. The molecule has 0 amide bonds. The number of nitrogens with zero attached hydrogens (tertiary/aromatic N) is 5. The van der Waals surface area contributed by atoms with Gasteiger partial charge in [0.25, 0.3) is 0 Å². The van der Waals surface area contributed by atoms with Crippen molar-refractivity contribution in [2.75, 3.05) is 0 Å². The highest BCUT2D eigenvalue weighted by atomic mass is 32.1. The van der Waals surface area contributed by atoms with E-state index < -0.39 is 0 Å². The predicted octanol–water partition coefficient (Wildman–Crippen LogP) is 4.34. The lowest BCUT2D eigenvalue weighted by Gasteiger charge is -2.12. The molecule has 4 aromatic rings. The van der Waals surface area contributed by atoms with Crippen LogP contribution in [0.25, 0.3) is 11.6 Å². The fraction of sp³-hybridized carbons (Fsp3) is 0.273. The summed E-state index contributed by atoms with van der Waals surface area (Å²) in [6.45, 7) is 2.87. The topological polar surface area (TPSA) is 92.5 Å². The number of rotatable bonds is 9. The van der Waals surface area contributed by atoms with Crippen molar-refractivity contribution in [2.45, 2.75) is 39.2 Å². The third-order valence-electron chi connectivity index (χ3n) is 4.92. The van der Waals surface area contributed by atoms with Gasteiger partial charge in [0, 0.05) is 29.8 Å². The number of thiophene rings is 1. The summed E-state index contributed by atoms with van der Waals surface area (Å²) in [6.07, 6.45) is 7.90. The SMILES string of the molecule is CCCCc1ncc(/C=C(/Cc2cccs2)c2nnn[nH]2)n1Cc1ccc(O)cc1. The largest absolute Gasteiger partial charge is 0.508 e. The molecule has 0 spiro atoms. The number of phenolic OH excluding ortho intramolecular Hbond substituents is 1. The molecule has 0 saturated carbocycles. The monoisotopic (exact) mass is 420 g/mol. The summed E-state index contributed by atoms with van der Waals surface area (Å²) in [6, 6.07) is 11.5. The summed E-state index contributed by atoms with van der Waals surface area (Å²) in [5, 5.41) is 26.2. The molecule has 0 unspecified atom stereocenters. The molecule has 0 aliphatic heterocycles. The Morgan fingerprint density at radius 2 is 2.10 bits per heavy atom. The van der Waals surface area contributed by atoms with Gasteiger partial charge in [0.15, 0.2) is 5.82 Å². The third kappa shape index (κ3) is 4.83. The van der Waals surface area contributed by atoms with Crippen LogP contribution < -0.4 is 0 Å². The zero-order valence-electron chi connectivity index (χ0n) is 16.8. The van der Waals surface area contributed by atoms with E-state index in [0.717, 1.165) is 48.3 Å². The number of nitrogens with one attached hydrogen (secondary N) is 1. The summed E-state index contributed by atoms with van der Waals surface area (Å²) in [5.41, 5.74) is 3.13. The van der Waals surface area contributed by atoms with Crippen molar-refractivity contribution in [2.24, 2.45) is 0 Å². The van der Waals surface area contributed by atoms with E-state index in [0.29, 0.717) is 12.4 Å². The van der Waals surface area contributed by atoms with Crippen molar-refractivity contribution in [1.82, 2.24) is 30.2 Å². The number of allylic oxidation sites excluding steroid dienone is 1. The molecule has 154 valence electrons. The van der Waals surface area contributed by atoms with Crippen LogP contribution in [0.5, 0.6) is 5.75 Å². The molecule has 0 aliphatic carbocycles. The molecule has 30 heavy (non-hydrogen) atoms. The average Bonchev–Trinajstić information content (AvgIpc) is 3.51. The molecule has 0 bridgehead atoms. The van der Waals surface area contributed by atoms with Crippen LogP contribution in [0, 0.1) is 0 Å². The molecule has 0 radical (unpaired) electrons. The van der Waals surface area contributed by atoms with Gasteiger partial charge in [-0.1, -0.05) is 31.5 Å². The number of H-pyrrole nitrogens is 1. The quantitative estimate of drug-likeness (QED) is 0.420. The molecular weight excluding hydrogens is 396 g/mol. The van der Waals surface area contributed by atoms with E-state index in [9.17, 15) is 5.11 Å². The number of benzene rings is 1. The van der Waals surface area contributed by atoms with Gasteiger partial charge in [0.05, 0.1) is 11.9 Å². The first kappa shape index (κ1) is 20.0. The Balaban J connectivity index is 1.71. The molecule has 3 heterocycles. The maximum absolute atomic E-state index is 9.61. The fourth-order valence-corrected chi connectivity index (χ4v) is 4.05. The molecule has 2 N–H and O–H groups in total. The number of aryl methyl sites for hydroxylation is 1. The van der Waals surface area contributed by atoms with E-state index in [1.54, 1.807) is 23.5 Å². The van der Waals surface area contributed by atoms with E-state index in [-0.39, 0.29) is 5.75 Å². The van der Waals surface area contributed by atoms with Crippen molar-refractivity contribution < 1.29 is 5.11 Å². The second-order valence-corrected chi connectivity index (χ2v) is 8.16. The fourth-order valence-electron chi connectivity index (χ4n) is 3.32. The van der Waals surface area contributed by atoms with Crippen LogP contribution >= 0.6 is 11.3 Å². The average molecular weight is 421 g/mol. The summed E-state index contributed by atoms with van der Waals surface area (Å²) in [7, 11) is 0. The van der Waals surface area contributed by atoms with E-state index in [1.807, 2.05) is 24.4 Å². The zero-order valence-corrected chi connectivity index (χ0v) is 17.6. The molecule has 1 aromatic carbocycles. The van der Waals surface area contributed by atoms with E-state index >= 15 is 0 Å². The van der Waals surface area contributed by atoms with Crippen molar-refractivity contribution >= 4 is 23.0 Å². The normalized spacial score (nSPS) is 11.8. The lowest BCUT2D eigenvalue weighted by Crippen LogP contribution is -2.07. The van der Waals surface area contributed by atoms with Gasteiger partial charge < -0.3 is 9.67 Å². The second kappa shape index (κ2) is 9.49. The number of hydrogen-bond acceptors (Lipinski definition) is 6. The molecule has 3 aromatic heterocycles. The number of unbranched alkanes of at least 4 members (excludes halogenated alkanes) is 1. The van der Waals surface area contributed by atoms with Crippen LogP contribution in [0.2, 0.25) is 0 Å². The number of tetrazole rings is 1. The number of phenols is 1. The van der Waals surface area contributed by atoms with Crippen LogP contribution in [-0.2, 0) is 19.4 Å². The molecular formula is C22H24N6OS. The highest BCUT2D eigenvalue weighted by Gasteiger charge is 2.13. The van der Waals surface area contributed by atoms with Crippen molar-refractivity contribution in [3.63, 3.8) is 0 Å². The first-order valence-corrected chi connectivity index (χ1v) is 10.9. The number of hydrogen-bond donors (Lipinski definition) is 2. The van der Waals surface area contributed by atoms with Crippen molar-refractivity contribution in [3.8, 4) is 5.75 Å². The molecule has 8 heteroatoms. The predicted molar refractivity (Wildman–Crippen MR) is 118 cm³/mol. The molecule has 0 saturated heterocycles. The van der Waals surface area contributed by atoms with Gasteiger partial charge in [0.2, 0.25) is 0 Å². The maximum atomic E-state index is 9.61. The molecule has 4 rings (SSSR count). The van der Waals surface area contributed by atoms with Crippen LogP contribution in [-0.4, -0.2) is 35.3 Å².